The molecular formula is C18H27NO3. The first-order chi connectivity index (χ1) is 10.6. The fourth-order valence-electron chi connectivity index (χ4n) is 3.35. The van der Waals surface area contributed by atoms with Gasteiger partial charge in [-0.05, 0) is 50.3 Å². The maximum Gasteiger partial charge on any atom is 0.122 e. The van der Waals surface area contributed by atoms with Gasteiger partial charge >= 0.3 is 0 Å². The van der Waals surface area contributed by atoms with Crippen LogP contribution in [0.5, 0.6) is 5.75 Å². The summed E-state index contributed by atoms with van der Waals surface area (Å²) in [5, 5.41) is 10.3. The number of rotatable bonds is 5. The van der Waals surface area contributed by atoms with Crippen LogP contribution in [-0.4, -0.2) is 54.6 Å². The molecule has 1 N–H and O–H groups in total. The van der Waals surface area contributed by atoms with Gasteiger partial charge in [0.15, 0.2) is 0 Å². The zero-order chi connectivity index (χ0) is 15.6. The standard InChI is InChI=1S/C18H27NO3/c1-14-4-5-15(2)17(10-14)21-12-16(20)11-19-8-9-22-18(13-19)6-3-7-18/h4-5,10,16,20H,3,6-9,11-13H2,1-2H3. The Labute approximate surface area is 133 Å². The topological polar surface area (TPSA) is 41.9 Å². The normalized spacial score (nSPS) is 22.3. The quantitative estimate of drug-likeness (QED) is 0.906. The summed E-state index contributed by atoms with van der Waals surface area (Å²) in [5.74, 6) is 0.872. The zero-order valence-corrected chi connectivity index (χ0v) is 13.7. The highest BCUT2D eigenvalue weighted by molar-refractivity contribution is 5.35. The first kappa shape index (κ1) is 15.8. The van der Waals surface area contributed by atoms with E-state index in [0.717, 1.165) is 31.0 Å². The molecule has 0 amide bonds. The van der Waals surface area contributed by atoms with Crippen molar-refractivity contribution in [3.05, 3.63) is 29.3 Å². The summed E-state index contributed by atoms with van der Waals surface area (Å²) in [7, 11) is 0. The Hall–Kier alpha value is -1.10. The van der Waals surface area contributed by atoms with Crippen LogP contribution in [0.4, 0.5) is 0 Å². The van der Waals surface area contributed by atoms with Crippen molar-refractivity contribution >= 4 is 0 Å². The molecule has 1 aromatic carbocycles. The molecular weight excluding hydrogens is 278 g/mol. The molecule has 1 aliphatic carbocycles. The van der Waals surface area contributed by atoms with E-state index < -0.39 is 6.10 Å². The number of hydrogen-bond donors (Lipinski definition) is 1. The van der Waals surface area contributed by atoms with E-state index in [0.29, 0.717) is 13.2 Å². The second kappa shape index (κ2) is 6.57. The lowest BCUT2D eigenvalue weighted by molar-refractivity contribution is -0.155. The number of aryl methyl sites for hydroxylation is 2. The first-order valence-electron chi connectivity index (χ1n) is 8.31. The largest absolute Gasteiger partial charge is 0.491 e. The van der Waals surface area contributed by atoms with Crippen molar-refractivity contribution in [1.29, 1.82) is 0 Å². The smallest absolute Gasteiger partial charge is 0.122 e. The van der Waals surface area contributed by atoms with Gasteiger partial charge in [-0.25, -0.2) is 0 Å². The molecule has 1 spiro atoms. The summed E-state index contributed by atoms with van der Waals surface area (Å²) in [6.07, 6.45) is 3.14. The maximum absolute atomic E-state index is 10.3. The Balaban J connectivity index is 1.48. The van der Waals surface area contributed by atoms with Crippen molar-refractivity contribution in [2.24, 2.45) is 0 Å². The van der Waals surface area contributed by atoms with E-state index in [1.165, 1.54) is 24.8 Å². The van der Waals surface area contributed by atoms with Crippen LogP contribution < -0.4 is 4.74 Å². The predicted octanol–water partition coefficient (Wildman–Crippen LogP) is 2.30. The van der Waals surface area contributed by atoms with Crippen molar-refractivity contribution in [3.8, 4) is 5.75 Å². The van der Waals surface area contributed by atoms with E-state index >= 15 is 0 Å². The number of aliphatic hydroxyl groups is 1. The van der Waals surface area contributed by atoms with Crippen LogP contribution in [-0.2, 0) is 4.74 Å². The molecule has 1 aromatic rings. The van der Waals surface area contributed by atoms with Gasteiger partial charge in [-0.15, -0.1) is 0 Å². The third-order valence-corrected chi connectivity index (χ3v) is 4.84. The highest BCUT2D eigenvalue weighted by atomic mass is 16.5. The summed E-state index contributed by atoms with van der Waals surface area (Å²) in [4.78, 5) is 2.32. The molecule has 122 valence electrons. The maximum atomic E-state index is 10.3. The number of nitrogens with zero attached hydrogens (tertiary/aromatic N) is 1. The van der Waals surface area contributed by atoms with Crippen LogP contribution >= 0.6 is 0 Å². The fourth-order valence-corrected chi connectivity index (χ4v) is 3.35. The Kier molecular flexibility index (Phi) is 4.71. The average Bonchev–Trinajstić information content (AvgIpc) is 2.47. The third-order valence-electron chi connectivity index (χ3n) is 4.84. The summed E-state index contributed by atoms with van der Waals surface area (Å²) in [6, 6.07) is 6.16. The Morgan fingerprint density at radius 2 is 2.18 bits per heavy atom. The summed E-state index contributed by atoms with van der Waals surface area (Å²) in [5.41, 5.74) is 2.37. The predicted molar refractivity (Wildman–Crippen MR) is 86.4 cm³/mol. The first-order valence-corrected chi connectivity index (χ1v) is 8.31. The van der Waals surface area contributed by atoms with Gasteiger partial charge < -0.3 is 14.6 Å². The van der Waals surface area contributed by atoms with E-state index in [-0.39, 0.29) is 5.60 Å². The monoisotopic (exact) mass is 305 g/mol. The summed E-state index contributed by atoms with van der Waals surface area (Å²) >= 11 is 0. The molecule has 1 aliphatic heterocycles. The van der Waals surface area contributed by atoms with Crippen molar-refractivity contribution in [2.45, 2.75) is 44.8 Å². The minimum absolute atomic E-state index is 0.0892. The number of benzene rings is 1. The van der Waals surface area contributed by atoms with Gasteiger partial charge in [0, 0.05) is 19.6 Å². The van der Waals surface area contributed by atoms with E-state index in [2.05, 4.69) is 24.0 Å². The minimum Gasteiger partial charge on any atom is -0.491 e. The second-order valence-corrected chi connectivity index (χ2v) is 6.85. The molecule has 4 nitrogen and oxygen atoms in total. The zero-order valence-electron chi connectivity index (χ0n) is 13.7. The van der Waals surface area contributed by atoms with Crippen LogP contribution in [0, 0.1) is 13.8 Å². The van der Waals surface area contributed by atoms with Crippen LogP contribution in [0.25, 0.3) is 0 Å². The van der Waals surface area contributed by atoms with Crippen LogP contribution in [0.3, 0.4) is 0 Å². The van der Waals surface area contributed by atoms with Gasteiger partial charge in [0.1, 0.15) is 18.5 Å². The lowest BCUT2D eigenvalue weighted by Gasteiger charge is -2.48. The van der Waals surface area contributed by atoms with Gasteiger partial charge in [0.25, 0.3) is 0 Å². The van der Waals surface area contributed by atoms with Gasteiger partial charge in [-0.3, -0.25) is 4.90 Å². The second-order valence-electron chi connectivity index (χ2n) is 6.85. The fraction of sp³-hybridized carbons (Fsp3) is 0.667. The molecule has 0 radical (unpaired) electrons. The lowest BCUT2D eigenvalue weighted by Crippen LogP contribution is -2.57. The molecule has 2 fully saturated rings. The van der Waals surface area contributed by atoms with Gasteiger partial charge in [-0.1, -0.05) is 12.1 Å². The number of aliphatic hydroxyl groups excluding tert-OH is 1. The molecule has 4 heteroatoms. The molecule has 3 rings (SSSR count). The molecule has 0 bridgehead atoms. The van der Waals surface area contributed by atoms with E-state index in [1.807, 2.05) is 13.0 Å². The molecule has 2 aliphatic rings. The molecule has 0 aromatic heterocycles. The molecule has 1 heterocycles. The highest BCUT2D eigenvalue weighted by Crippen LogP contribution is 2.38. The van der Waals surface area contributed by atoms with Crippen LogP contribution in [0.1, 0.15) is 30.4 Å². The highest BCUT2D eigenvalue weighted by Gasteiger charge is 2.42. The average molecular weight is 305 g/mol. The Morgan fingerprint density at radius 1 is 1.36 bits per heavy atom. The summed E-state index contributed by atoms with van der Waals surface area (Å²) < 4.78 is 11.7. The molecule has 1 unspecified atom stereocenters. The van der Waals surface area contributed by atoms with Crippen molar-refractivity contribution in [3.63, 3.8) is 0 Å². The minimum atomic E-state index is -0.463. The van der Waals surface area contributed by atoms with Crippen molar-refractivity contribution < 1.29 is 14.6 Å². The molecule has 22 heavy (non-hydrogen) atoms. The van der Waals surface area contributed by atoms with Crippen molar-refractivity contribution in [2.75, 3.05) is 32.8 Å². The van der Waals surface area contributed by atoms with Gasteiger partial charge in [0.2, 0.25) is 0 Å². The number of ether oxygens (including phenoxy) is 2. The number of morpholine rings is 1. The van der Waals surface area contributed by atoms with Gasteiger partial charge in [0.05, 0.1) is 12.2 Å². The van der Waals surface area contributed by atoms with E-state index in [1.54, 1.807) is 0 Å². The Bertz CT molecular complexity index is 513. The van der Waals surface area contributed by atoms with E-state index in [4.69, 9.17) is 9.47 Å². The molecule has 1 atom stereocenters. The molecule has 1 saturated heterocycles. The third kappa shape index (κ3) is 3.62. The van der Waals surface area contributed by atoms with Crippen LogP contribution in [0.2, 0.25) is 0 Å². The SMILES string of the molecule is Cc1ccc(C)c(OCC(O)CN2CCOC3(CCC3)C2)c1. The number of hydrogen-bond acceptors (Lipinski definition) is 4. The summed E-state index contributed by atoms with van der Waals surface area (Å²) in [6.45, 7) is 7.73. The van der Waals surface area contributed by atoms with E-state index in [9.17, 15) is 5.11 Å². The molecule has 1 saturated carbocycles. The Morgan fingerprint density at radius 3 is 2.91 bits per heavy atom. The van der Waals surface area contributed by atoms with Crippen LogP contribution in [0.15, 0.2) is 18.2 Å². The number of β-amino-alcohol motifs (C(OH)–C–C–N with tert-alkyl or cyclic N) is 1. The lowest BCUT2D eigenvalue weighted by atomic mass is 9.79. The van der Waals surface area contributed by atoms with Crippen molar-refractivity contribution in [1.82, 2.24) is 4.90 Å². The van der Waals surface area contributed by atoms with Gasteiger partial charge in [-0.2, -0.15) is 0 Å².